The number of aliphatic carboxylic acids is 1. The molecule has 10 heteroatoms. The molecule has 1 heterocycles. The van der Waals surface area contributed by atoms with Crippen molar-refractivity contribution in [3.63, 3.8) is 0 Å². The summed E-state index contributed by atoms with van der Waals surface area (Å²) in [5.41, 5.74) is 1.38. The molecule has 37 heavy (non-hydrogen) atoms. The molecule has 0 aromatic heterocycles. The normalized spacial score (nSPS) is 13.3. The molecule has 0 radical (unpaired) electrons. The minimum absolute atomic E-state index is 0.00698. The molecule has 0 bridgehead atoms. The number of halogens is 3. The first-order valence-corrected chi connectivity index (χ1v) is 11.3. The smallest absolute Gasteiger partial charge is 0.416 e. The third-order valence-electron chi connectivity index (χ3n) is 6.08. The van der Waals surface area contributed by atoms with Crippen molar-refractivity contribution < 1.29 is 32.7 Å². The van der Waals surface area contributed by atoms with Crippen molar-refractivity contribution in [1.29, 1.82) is 0 Å². The molecule has 0 saturated heterocycles. The van der Waals surface area contributed by atoms with Gasteiger partial charge in [0.1, 0.15) is 0 Å². The van der Waals surface area contributed by atoms with Crippen LogP contribution in [0.15, 0.2) is 66.7 Å². The second kappa shape index (κ2) is 9.61. The zero-order valence-corrected chi connectivity index (χ0v) is 20.0. The van der Waals surface area contributed by atoms with E-state index < -0.39 is 29.2 Å². The van der Waals surface area contributed by atoms with Gasteiger partial charge in [-0.3, -0.25) is 9.59 Å². The van der Waals surface area contributed by atoms with Gasteiger partial charge in [0.25, 0.3) is 5.91 Å². The molecule has 3 aromatic carbocycles. The molecule has 3 amide bonds. The molecule has 1 aliphatic rings. The summed E-state index contributed by atoms with van der Waals surface area (Å²) in [5, 5.41) is 14.3. The molecule has 3 N–H and O–H groups in total. The largest absolute Gasteiger partial charge is 0.481 e. The number of nitrogens with one attached hydrogen (secondary N) is 2. The third kappa shape index (κ3) is 5.74. The van der Waals surface area contributed by atoms with Gasteiger partial charge in [-0.05, 0) is 66.9 Å². The van der Waals surface area contributed by atoms with Crippen LogP contribution in [0.25, 0.3) is 11.1 Å². The van der Waals surface area contributed by atoms with Crippen LogP contribution in [-0.2, 0) is 17.5 Å². The van der Waals surface area contributed by atoms with Gasteiger partial charge < -0.3 is 20.6 Å². The predicted molar refractivity (Wildman–Crippen MR) is 132 cm³/mol. The summed E-state index contributed by atoms with van der Waals surface area (Å²) < 4.78 is 38.6. The standard InChI is InChI=1S/C27H24F3N3O4/c1-26(2,24(35)36)15-33-14-18-7-6-17(12-22(18)23(33)34)16-8-10-20(11-9-16)31-25(37)32-21-5-3-4-19(13-21)27(28,29)30/h3-13H,14-15H2,1-2H3,(H,35,36)(H2,31,32,37). The Morgan fingerprint density at radius 3 is 2.22 bits per heavy atom. The van der Waals surface area contributed by atoms with Crippen molar-refractivity contribution in [2.75, 3.05) is 17.2 Å². The van der Waals surface area contributed by atoms with E-state index in [0.717, 1.165) is 28.8 Å². The van der Waals surface area contributed by atoms with Crippen molar-refractivity contribution in [3.8, 4) is 11.1 Å². The summed E-state index contributed by atoms with van der Waals surface area (Å²) >= 11 is 0. The highest BCUT2D eigenvalue weighted by Crippen LogP contribution is 2.32. The number of benzene rings is 3. The summed E-state index contributed by atoms with van der Waals surface area (Å²) in [5.74, 6) is -1.20. The minimum atomic E-state index is -4.51. The Kier molecular flexibility index (Phi) is 6.68. The molecule has 4 rings (SSSR count). The Balaban J connectivity index is 1.42. The Morgan fingerprint density at radius 1 is 0.919 bits per heavy atom. The minimum Gasteiger partial charge on any atom is -0.481 e. The van der Waals surface area contributed by atoms with Crippen LogP contribution in [0.2, 0.25) is 0 Å². The van der Waals surface area contributed by atoms with E-state index >= 15 is 0 Å². The summed E-state index contributed by atoms with van der Waals surface area (Å²) in [7, 11) is 0. The SMILES string of the molecule is CC(C)(CN1Cc2ccc(-c3ccc(NC(=O)Nc4cccc(C(F)(F)F)c4)cc3)cc2C1=O)C(=O)O. The second-order valence-electron chi connectivity index (χ2n) is 9.46. The van der Waals surface area contributed by atoms with Gasteiger partial charge in [0.15, 0.2) is 0 Å². The highest BCUT2D eigenvalue weighted by molar-refractivity contribution is 6.01. The highest BCUT2D eigenvalue weighted by Gasteiger charge is 2.36. The van der Waals surface area contributed by atoms with E-state index in [1.54, 1.807) is 44.2 Å². The van der Waals surface area contributed by atoms with Gasteiger partial charge in [-0.25, -0.2) is 4.79 Å². The average molecular weight is 512 g/mol. The maximum Gasteiger partial charge on any atom is 0.416 e. The lowest BCUT2D eigenvalue weighted by molar-refractivity contribution is -0.147. The molecule has 0 spiro atoms. The number of amides is 3. The quantitative estimate of drug-likeness (QED) is 0.373. The number of hydrogen-bond donors (Lipinski definition) is 3. The van der Waals surface area contributed by atoms with E-state index in [1.165, 1.54) is 17.0 Å². The molecular weight excluding hydrogens is 487 g/mol. The average Bonchev–Trinajstić information content (AvgIpc) is 3.13. The molecule has 0 fully saturated rings. The van der Waals surface area contributed by atoms with Gasteiger partial charge in [-0.15, -0.1) is 0 Å². The van der Waals surface area contributed by atoms with E-state index in [9.17, 15) is 32.7 Å². The van der Waals surface area contributed by atoms with Crippen LogP contribution in [0.3, 0.4) is 0 Å². The topological polar surface area (TPSA) is 98.7 Å². The van der Waals surface area contributed by atoms with Crippen molar-refractivity contribution >= 4 is 29.3 Å². The lowest BCUT2D eigenvalue weighted by atomic mass is 9.93. The number of fused-ring (bicyclic) bond motifs is 1. The number of urea groups is 1. The second-order valence-corrected chi connectivity index (χ2v) is 9.46. The fourth-order valence-electron chi connectivity index (χ4n) is 4.03. The lowest BCUT2D eigenvalue weighted by Crippen LogP contribution is -2.39. The fourth-order valence-corrected chi connectivity index (χ4v) is 4.03. The van der Waals surface area contributed by atoms with Gasteiger partial charge >= 0.3 is 18.2 Å². The van der Waals surface area contributed by atoms with E-state index in [1.807, 2.05) is 12.1 Å². The van der Waals surface area contributed by atoms with Gasteiger partial charge in [-0.2, -0.15) is 13.2 Å². The highest BCUT2D eigenvalue weighted by atomic mass is 19.4. The number of anilines is 2. The van der Waals surface area contributed by atoms with Crippen molar-refractivity contribution in [2.24, 2.45) is 5.41 Å². The van der Waals surface area contributed by atoms with Gasteiger partial charge in [0.2, 0.25) is 0 Å². The summed E-state index contributed by atoms with van der Waals surface area (Å²) in [6, 6.07) is 15.9. The first-order valence-electron chi connectivity index (χ1n) is 11.3. The first-order chi connectivity index (χ1) is 17.3. The number of nitrogens with zero attached hydrogens (tertiary/aromatic N) is 1. The van der Waals surface area contributed by atoms with E-state index in [0.29, 0.717) is 17.8 Å². The monoisotopic (exact) mass is 511 g/mol. The van der Waals surface area contributed by atoms with Crippen LogP contribution in [-0.4, -0.2) is 34.5 Å². The van der Waals surface area contributed by atoms with Gasteiger partial charge in [0.05, 0.1) is 11.0 Å². The van der Waals surface area contributed by atoms with E-state index in [4.69, 9.17) is 0 Å². The van der Waals surface area contributed by atoms with Crippen LogP contribution in [0.1, 0.15) is 35.3 Å². The van der Waals surface area contributed by atoms with E-state index in [-0.39, 0.29) is 18.1 Å². The predicted octanol–water partition coefficient (Wildman–Crippen LogP) is 6.08. The molecule has 1 aliphatic heterocycles. The van der Waals surface area contributed by atoms with Crippen molar-refractivity contribution in [1.82, 2.24) is 4.90 Å². The Morgan fingerprint density at radius 2 is 1.57 bits per heavy atom. The molecule has 3 aromatic rings. The summed E-state index contributed by atoms with van der Waals surface area (Å²) in [4.78, 5) is 38.1. The molecule has 0 saturated carbocycles. The number of carboxylic acid groups (broad SMARTS) is 1. The van der Waals surface area contributed by atoms with Crippen LogP contribution in [0.5, 0.6) is 0 Å². The van der Waals surface area contributed by atoms with Gasteiger partial charge in [-0.1, -0.05) is 30.3 Å². The summed E-state index contributed by atoms with van der Waals surface area (Å²) in [6.07, 6.45) is -4.51. The molecule has 192 valence electrons. The van der Waals surface area contributed by atoms with Crippen molar-refractivity contribution in [2.45, 2.75) is 26.6 Å². The van der Waals surface area contributed by atoms with Crippen LogP contribution >= 0.6 is 0 Å². The maximum absolute atomic E-state index is 12.9. The molecule has 0 atom stereocenters. The number of carboxylic acids is 1. The number of hydrogen-bond acceptors (Lipinski definition) is 3. The van der Waals surface area contributed by atoms with Crippen LogP contribution in [0, 0.1) is 5.41 Å². The van der Waals surface area contributed by atoms with Crippen LogP contribution < -0.4 is 10.6 Å². The zero-order valence-electron chi connectivity index (χ0n) is 20.0. The summed E-state index contributed by atoms with van der Waals surface area (Å²) in [6.45, 7) is 3.59. The Labute approximate surface area is 210 Å². The van der Waals surface area contributed by atoms with Gasteiger partial charge in [0, 0.05) is 30.0 Å². The zero-order chi connectivity index (χ0) is 27.0. The number of carbonyl (C=O) groups is 3. The number of carbonyl (C=O) groups excluding carboxylic acids is 2. The molecule has 7 nitrogen and oxygen atoms in total. The number of rotatable bonds is 6. The van der Waals surface area contributed by atoms with E-state index in [2.05, 4.69) is 10.6 Å². The maximum atomic E-state index is 12.9. The first kappa shape index (κ1) is 25.7. The molecule has 0 unspecified atom stereocenters. The fraction of sp³-hybridized carbons (Fsp3) is 0.222. The lowest BCUT2D eigenvalue weighted by Gasteiger charge is -2.26. The Bertz CT molecular complexity index is 1370. The molecular formula is C27H24F3N3O4. The van der Waals surface area contributed by atoms with Crippen molar-refractivity contribution in [3.05, 3.63) is 83.4 Å². The third-order valence-corrected chi connectivity index (χ3v) is 6.08. The Hall–Kier alpha value is -4.34. The molecule has 0 aliphatic carbocycles. The number of alkyl halides is 3. The van der Waals surface area contributed by atoms with Crippen LogP contribution in [0.4, 0.5) is 29.3 Å².